The predicted octanol–water partition coefficient (Wildman–Crippen LogP) is 4.65. The minimum absolute atomic E-state index is 0.275. The summed E-state index contributed by atoms with van der Waals surface area (Å²) in [5.74, 6) is -1.20. The first-order chi connectivity index (χ1) is 8.56. The molecular formula is C14H12BrF2N. The van der Waals surface area contributed by atoms with E-state index < -0.39 is 11.6 Å². The van der Waals surface area contributed by atoms with Gasteiger partial charge in [-0.05, 0) is 34.5 Å². The number of rotatable bonds is 3. The van der Waals surface area contributed by atoms with E-state index in [-0.39, 0.29) is 5.69 Å². The van der Waals surface area contributed by atoms with Crippen molar-refractivity contribution in [2.24, 2.45) is 0 Å². The summed E-state index contributed by atoms with van der Waals surface area (Å²) >= 11 is 3.14. The van der Waals surface area contributed by atoms with Gasteiger partial charge in [0.15, 0.2) is 0 Å². The first-order valence-electron chi connectivity index (χ1n) is 5.50. The van der Waals surface area contributed by atoms with Crippen LogP contribution in [0, 0.1) is 18.6 Å². The molecule has 0 saturated heterocycles. The molecule has 0 aromatic heterocycles. The maximum atomic E-state index is 13.5. The van der Waals surface area contributed by atoms with Gasteiger partial charge in [-0.25, -0.2) is 8.78 Å². The highest BCUT2D eigenvalue weighted by molar-refractivity contribution is 9.10. The van der Waals surface area contributed by atoms with Crippen LogP contribution >= 0.6 is 15.9 Å². The van der Waals surface area contributed by atoms with Gasteiger partial charge in [-0.15, -0.1) is 0 Å². The molecular weight excluding hydrogens is 300 g/mol. The van der Waals surface area contributed by atoms with Crippen molar-refractivity contribution in [3.63, 3.8) is 0 Å². The van der Waals surface area contributed by atoms with E-state index in [1.54, 1.807) is 0 Å². The molecule has 0 amide bonds. The topological polar surface area (TPSA) is 12.0 Å². The van der Waals surface area contributed by atoms with Crippen LogP contribution < -0.4 is 5.32 Å². The summed E-state index contributed by atoms with van der Waals surface area (Å²) in [6.07, 6.45) is 0. The molecule has 0 aliphatic heterocycles. The Kier molecular flexibility index (Phi) is 3.97. The highest BCUT2D eigenvalue weighted by Gasteiger charge is 2.08. The summed E-state index contributed by atoms with van der Waals surface area (Å²) in [7, 11) is 0. The third kappa shape index (κ3) is 3.07. The normalized spacial score (nSPS) is 10.4. The van der Waals surface area contributed by atoms with Gasteiger partial charge < -0.3 is 5.32 Å². The molecule has 94 valence electrons. The Morgan fingerprint density at radius 3 is 2.39 bits per heavy atom. The van der Waals surface area contributed by atoms with E-state index in [0.29, 0.717) is 11.0 Å². The maximum Gasteiger partial charge on any atom is 0.150 e. The van der Waals surface area contributed by atoms with Crippen molar-refractivity contribution in [1.82, 2.24) is 0 Å². The van der Waals surface area contributed by atoms with Crippen molar-refractivity contribution < 1.29 is 8.78 Å². The minimum Gasteiger partial charge on any atom is -0.378 e. The first-order valence-corrected chi connectivity index (χ1v) is 6.29. The van der Waals surface area contributed by atoms with Crippen molar-refractivity contribution in [2.75, 3.05) is 5.32 Å². The van der Waals surface area contributed by atoms with E-state index in [2.05, 4.69) is 21.2 Å². The standard InChI is InChI=1S/C14H12BrF2N/c1-9-2-4-10(5-3-9)8-18-14-12(15)6-11(16)7-13(14)17/h2-7,18H,8H2,1H3. The van der Waals surface area contributed by atoms with Gasteiger partial charge in [0, 0.05) is 17.1 Å². The molecule has 0 fully saturated rings. The number of aryl methyl sites for hydroxylation is 1. The largest absolute Gasteiger partial charge is 0.378 e. The number of hydrogen-bond acceptors (Lipinski definition) is 1. The molecule has 0 aliphatic rings. The van der Waals surface area contributed by atoms with Gasteiger partial charge in [-0.1, -0.05) is 29.8 Å². The number of nitrogens with one attached hydrogen (secondary N) is 1. The molecule has 2 aromatic rings. The summed E-state index contributed by atoms with van der Waals surface area (Å²) in [5, 5.41) is 2.96. The Labute approximate surface area is 113 Å². The molecule has 2 rings (SSSR count). The lowest BCUT2D eigenvalue weighted by atomic mass is 10.1. The number of hydrogen-bond donors (Lipinski definition) is 1. The van der Waals surface area contributed by atoms with Crippen LogP contribution in [-0.2, 0) is 6.54 Å². The lowest BCUT2D eigenvalue weighted by Gasteiger charge is -2.10. The van der Waals surface area contributed by atoms with Gasteiger partial charge in [0.25, 0.3) is 0 Å². The SMILES string of the molecule is Cc1ccc(CNc2c(F)cc(F)cc2Br)cc1. The van der Waals surface area contributed by atoms with Crippen molar-refractivity contribution in [3.05, 3.63) is 63.6 Å². The quantitative estimate of drug-likeness (QED) is 0.870. The van der Waals surface area contributed by atoms with Crippen LogP contribution in [0.15, 0.2) is 40.9 Å². The maximum absolute atomic E-state index is 13.5. The second kappa shape index (κ2) is 5.48. The third-order valence-corrected chi connectivity index (χ3v) is 3.22. The van der Waals surface area contributed by atoms with Crippen molar-refractivity contribution >= 4 is 21.6 Å². The molecule has 1 N–H and O–H groups in total. The van der Waals surface area contributed by atoms with Crippen LogP contribution in [0.1, 0.15) is 11.1 Å². The molecule has 2 aromatic carbocycles. The molecule has 1 nitrogen and oxygen atoms in total. The van der Waals surface area contributed by atoms with Crippen molar-refractivity contribution in [3.8, 4) is 0 Å². The fourth-order valence-electron chi connectivity index (χ4n) is 1.61. The van der Waals surface area contributed by atoms with Gasteiger partial charge >= 0.3 is 0 Å². The smallest absolute Gasteiger partial charge is 0.150 e. The van der Waals surface area contributed by atoms with Crippen LogP contribution in [0.5, 0.6) is 0 Å². The Bertz CT molecular complexity index is 529. The van der Waals surface area contributed by atoms with Crippen LogP contribution in [0.3, 0.4) is 0 Å². The van der Waals surface area contributed by atoms with Gasteiger partial charge in [-0.2, -0.15) is 0 Å². The molecule has 0 aliphatic carbocycles. The molecule has 0 radical (unpaired) electrons. The lowest BCUT2D eigenvalue weighted by molar-refractivity contribution is 0.583. The average Bonchev–Trinajstić information content (AvgIpc) is 2.30. The molecule has 0 spiro atoms. The molecule has 4 heteroatoms. The van der Waals surface area contributed by atoms with E-state index in [9.17, 15) is 8.78 Å². The zero-order valence-corrected chi connectivity index (χ0v) is 11.4. The van der Waals surface area contributed by atoms with E-state index >= 15 is 0 Å². The summed E-state index contributed by atoms with van der Waals surface area (Å²) in [6.45, 7) is 2.49. The first kappa shape index (κ1) is 13.0. The Morgan fingerprint density at radius 1 is 1.11 bits per heavy atom. The fourth-order valence-corrected chi connectivity index (χ4v) is 2.16. The van der Waals surface area contributed by atoms with Crippen LogP contribution in [0.25, 0.3) is 0 Å². The lowest BCUT2D eigenvalue weighted by Crippen LogP contribution is -2.02. The molecule has 0 atom stereocenters. The summed E-state index contributed by atoms with van der Waals surface area (Å²) in [6, 6.07) is 10.0. The van der Waals surface area contributed by atoms with Gasteiger partial charge in [0.2, 0.25) is 0 Å². The summed E-state index contributed by atoms with van der Waals surface area (Å²) in [5.41, 5.74) is 2.49. The third-order valence-electron chi connectivity index (χ3n) is 2.60. The van der Waals surface area contributed by atoms with E-state index in [1.165, 1.54) is 11.6 Å². The second-order valence-corrected chi connectivity index (χ2v) is 4.94. The average molecular weight is 312 g/mol. The monoisotopic (exact) mass is 311 g/mol. The zero-order valence-electron chi connectivity index (χ0n) is 9.81. The highest BCUT2D eigenvalue weighted by Crippen LogP contribution is 2.27. The number of benzene rings is 2. The van der Waals surface area contributed by atoms with E-state index in [0.717, 1.165) is 11.6 Å². The Morgan fingerprint density at radius 2 is 1.78 bits per heavy atom. The van der Waals surface area contributed by atoms with Crippen LogP contribution in [0.4, 0.5) is 14.5 Å². The van der Waals surface area contributed by atoms with Crippen molar-refractivity contribution in [2.45, 2.75) is 13.5 Å². The molecule has 0 unspecified atom stereocenters. The van der Waals surface area contributed by atoms with E-state index in [4.69, 9.17) is 0 Å². The predicted molar refractivity (Wildman–Crippen MR) is 72.6 cm³/mol. The van der Waals surface area contributed by atoms with Crippen LogP contribution in [-0.4, -0.2) is 0 Å². The van der Waals surface area contributed by atoms with E-state index in [1.807, 2.05) is 31.2 Å². The molecule has 0 heterocycles. The second-order valence-electron chi connectivity index (χ2n) is 4.08. The fraction of sp³-hybridized carbons (Fsp3) is 0.143. The van der Waals surface area contributed by atoms with Gasteiger partial charge in [0.05, 0.1) is 5.69 Å². The van der Waals surface area contributed by atoms with Crippen LogP contribution in [0.2, 0.25) is 0 Å². The van der Waals surface area contributed by atoms with Crippen molar-refractivity contribution in [1.29, 1.82) is 0 Å². The molecule has 0 bridgehead atoms. The van der Waals surface area contributed by atoms with Gasteiger partial charge in [0.1, 0.15) is 11.6 Å². The summed E-state index contributed by atoms with van der Waals surface area (Å²) < 4.78 is 26.8. The Balaban J connectivity index is 2.13. The van der Waals surface area contributed by atoms with Gasteiger partial charge in [-0.3, -0.25) is 0 Å². The number of anilines is 1. The Hall–Kier alpha value is -1.42. The minimum atomic E-state index is -0.603. The zero-order chi connectivity index (χ0) is 13.1. The molecule has 18 heavy (non-hydrogen) atoms. The summed E-state index contributed by atoms with van der Waals surface area (Å²) in [4.78, 5) is 0. The number of halogens is 3. The highest BCUT2D eigenvalue weighted by atomic mass is 79.9. The molecule has 0 saturated carbocycles.